The Hall–Kier alpha value is -1.92. The number of amides is 1. The van der Waals surface area contributed by atoms with Crippen molar-refractivity contribution in [1.82, 2.24) is 5.32 Å². The Morgan fingerprint density at radius 3 is 2.67 bits per heavy atom. The van der Waals surface area contributed by atoms with E-state index < -0.39 is 24.7 Å². The summed E-state index contributed by atoms with van der Waals surface area (Å²) in [6.07, 6.45) is -4.39. The Balaban J connectivity index is 1.95. The fourth-order valence-electron chi connectivity index (χ4n) is 1.68. The van der Waals surface area contributed by atoms with Crippen LogP contribution in [0.15, 0.2) is 24.3 Å². The van der Waals surface area contributed by atoms with Gasteiger partial charge >= 0.3 is 6.18 Å². The normalized spacial score (nSPS) is 18.3. The number of rotatable bonds is 2. The zero-order valence-corrected chi connectivity index (χ0v) is 9.34. The highest BCUT2D eigenvalue weighted by molar-refractivity contribution is 5.88. The molecule has 98 valence electrons. The maximum atomic E-state index is 12.0. The summed E-state index contributed by atoms with van der Waals surface area (Å²) >= 11 is 0. The number of benzene rings is 1. The van der Waals surface area contributed by atoms with Gasteiger partial charge in [-0.15, -0.1) is 0 Å². The number of hydrogen-bond donors (Lipinski definition) is 3. The molecule has 4 nitrogen and oxygen atoms in total. The molecule has 1 aliphatic rings. The lowest BCUT2D eigenvalue weighted by molar-refractivity contribution is -0.138. The van der Waals surface area contributed by atoms with Crippen molar-refractivity contribution in [2.45, 2.75) is 12.2 Å². The Morgan fingerprint density at radius 2 is 2.00 bits per heavy atom. The van der Waals surface area contributed by atoms with Crippen LogP contribution in [0.1, 0.15) is 0 Å². The summed E-state index contributed by atoms with van der Waals surface area (Å²) < 4.78 is 35.9. The van der Waals surface area contributed by atoms with Crippen molar-refractivity contribution in [3.8, 4) is 0 Å². The molecule has 1 unspecified atom stereocenters. The first kappa shape index (κ1) is 12.5. The summed E-state index contributed by atoms with van der Waals surface area (Å²) in [5.74, 6) is -0.672. The highest BCUT2D eigenvalue weighted by Crippen LogP contribution is 2.25. The third-order valence-corrected chi connectivity index (χ3v) is 2.53. The van der Waals surface area contributed by atoms with Crippen LogP contribution in [0.5, 0.6) is 0 Å². The summed E-state index contributed by atoms with van der Waals surface area (Å²) in [4.78, 5) is 11.5. The van der Waals surface area contributed by atoms with Gasteiger partial charge in [-0.3, -0.25) is 4.79 Å². The molecule has 0 aliphatic carbocycles. The van der Waals surface area contributed by atoms with E-state index in [1.807, 2.05) is 17.4 Å². The molecular formula is C11H12F3N3O. The van der Waals surface area contributed by atoms with Gasteiger partial charge in [-0.05, 0) is 12.1 Å². The van der Waals surface area contributed by atoms with Crippen molar-refractivity contribution in [3.63, 3.8) is 0 Å². The molecule has 0 bridgehead atoms. The molecule has 1 aromatic rings. The van der Waals surface area contributed by atoms with Crippen LogP contribution in [0.2, 0.25) is 0 Å². The predicted molar refractivity (Wildman–Crippen MR) is 61.4 cm³/mol. The van der Waals surface area contributed by atoms with Gasteiger partial charge in [-0.25, -0.2) is 0 Å². The van der Waals surface area contributed by atoms with E-state index in [1.165, 1.54) is 0 Å². The van der Waals surface area contributed by atoms with Crippen LogP contribution < -0.4 is 16.0 Å². The molecular weight excluding hydrogens is 247 g/mol. The number of carbonyl (C=O) groups is 1. The highest BCUT2D eigenvalue weighted by Gasteiger charge is 2.30. The van der Waals surface area contributed by atoms with Crippen LogP contribution >= 0.6 is 0 Å². The van der Waals surface area contributed by atoms with Crippen molar-refractivity contribution >= 4 is 17.3 Å². The molecule has 0 saturated heterocycles. The van der Waals surface area contributed by atoms with Crippen molar-refractivity contribution in [1.29, 1.82) is 0 Å². The van der Waals surface area contributed by atoms with Gasteiger partial charge in [-0.1, -0.05) is 12.1 Å². The third-order valence-electron chi connectivity index (χ3n) is 2.53. The fourth-order valence-corrected chi connectivity index (χ4v) is 1.68. The van der Waals surface area contributed by atoms with Crippen molar-refractivity contribution < 1.29 is 18.0 Å². The number of carbonyl (C=O) groups excluding carboxylic acids is 1. The lowest BCUT2D eigenvalue weighted by atomic mass is 10.1. The smallest absolute Gasteiger partial charge is 0.381 e. The molecule has 7 heteroatoms. The van der Waals surface area contributed by atoms with E-state index in [1.54, 1.807) is 12.1 Å². The van der Waals surface area contributed by atoms with Gasteiger partial charge in [0.1, 0.15) is 12.6 Å². The third kappa shape index (κ3) is 3.06. The second-order valence-electron chi connectivity index (χ2n) is 3.96. The maximum Gasteiger partial charge on any atom is 0.405 e. The van der Waals surface area contributed by atoms with Crippen LogP contribution in [0.4, 0.5) is 24.5 Å². The molecule has 0 fully saturated rings. The largest absolute Gasteiger partial charge is 0.405 e. The Bertz CT molecular complexity index is 447. The minimum Gasteiger partial charge on any atom is -0.381 e. The quantitative estimate of drug-likeness (QED) is 0.755. The Morgan fingerprint density at radius 1 is 1.33 bits per heavy atom. The van der Waals surface area contributed by atoms with Gasteiger partial charge in [0.2, 0.25) is 5.91 Å². The first-order valence-corrected chi connectivity index (χ1v) is 5.39. The Kier molecular flexibility index (Phi) is 3.31. The van der Waals surface area contributed by atoms with Crippen LogP contribution in [0.3, 0.4) is 0 Å². The summed E-state index contributed by atoms with van der Waals surface area (Å²) in [5, 5.41) is 7.73. The fraction of sp³-hybridized carbons (Fsp3) is 0.364. The molecule has 0 spiro atoms. The average molecular weight is 259 g/mol. The van der Waals surface area contributed by atoms with E-state index in [4.69, 9.17) is 0 Å². The van der Waals surface area contributed by atoms with E-state index in [0.29, 0.717) is 5.69 Å². The van der Waals surface area contributed by atoms with Crippen molar-refractivity contribution in [2.24, 2.45) is 0 Å². The standard InChI is InChI=1S/C11H12F3N3O/c12-11(13,14)6-16-10(18)9-5-15-7-3-1-2-4-8(7)17-9/h1-4,9,15,17H,5-6H2,(H,16,18). The van der Waals surface area contributed by atoms with E-state index >= 15 is 0 Å². The van der Waals surface area contributed by atoms with Crippen molar-refractivity contribution in [3.05, 3.63) is 24.3 Å². The molecule has 1 atom stereocenters. The number of anilines is 2. The Labute approximate surface area is 102 Å². The number of alkyl halides is 3. The number of halogens is 3. The van der Waals surface area contributed by atoms with Gasteiger partial charge < -0.3 is 16.0 Å². The molecule has 18 heavy (non-hydrogen) atoms. The average Bonchev–Trinajstić information content (AvgIpc) is 2.34. The van der Waals surface area contributed by atoms with E-state index in [-0.39, 0.29) is 6.54 Å². The zero-order chi connectivity index (χ0) is 13.2. The summed E-state index contributed by atoms with van der Waals surface area (Å²) in [5.41, 5.74) is 1.54. The van der Waals surface area contributed by atoms with Gasteiger partial charge in [0, 0.05) is 6.54 Å². The molecule has 3 N–H and O–H groups in total. The topological polar surface area (TPSA) is 53.2 Å². The monoisotopic (exact) mass is 259 g/mol. The van der Waals surface area contributed by atoms with E-state index in [0.717, 1.165) is 5.69 Å². The van der Waals surface area contributed by atoms with Gasteiger partial charge in [0.05, 0.1) is 11.4 Å². The molecule has 2 rings (SSSR count). The first-order chi connectivity index (χ1) is 8.46. The number of hydrogen-bond acceptors (Lipinski definition) is 3. The molecule has 1 aliphatic heterocycles. The first-order valence-electron chi connectivity index (χ1n) is 5.39. The number of para-hydroxylation sites is 2. The van der Waals surface area contributed by atoms with Crippen LogP contribution in [-0.2, 0) is 4.79 Å². The predicted octanol–water partition coefficient (Wildman–Crippen LogP) is 1.57. The molecule has 1 heterocycles. The SMILES string of the molecule is O=C(NCC(F)(F)F)C1CNc2ccccc2N1. The molecule has 1 aromatic carbocycles. The lowest BCUT2D eigenvalue weighted by Crippen LogP contribution is -2.48. The molecule has 0 radical (unpaired) electrons. The van der Waals surface area contributed by atoms with Crippen LogP contribution in [-0.4, -0.2) is 31.2 Å². The van der Waals surface area contributed by atoms with E-state index in [2.05, 4.69) is 10.6 Å². The minimum atomic E-state index is -4.39. The van der Waals surface area contributed by atoms with Gasteiger partial charge in [0.25, 0.3) is 0 Å². The van der Waals surface area contributed by atoms with Crippen LogP contribution in [0, 0.1) is 0 Å². The van der Waals surface area contributed by atoms with Gasteiger partial charge in [-0.2, -0.15) is 13.2 Å². The number of fused-ring (bicyclic) bond motifs is 1. The molecule has 0 saturated carbocycles. The van der Waals surface area contributed by atoms with Gasteiger partial charge in [0.15, 0.2) is 0 Å². The second kappa shape index (κ2) is 4.75. The zero-order valence-electron chi connectivity index (χ0n) is 9.34. The molecule has 0 aromatic heterocycles. The minimum absolute atomic E-state index is 0.251. The number of nitrogens with one attached hydrogen (secondary N) is 3. The lowest BCUT2D eigenvalue weighted by Gasteiger charge is -2.27. The van der Waals surface area contributed by atoms with Crippen LogP contribution in [0.25, 0.3) is 0 Å². The van der Waals surface area contributed by atoms with Crippen molar-refractivity contribution in [2.75, 3.05) is 23.7 Å². The molecule has 1 amide bonds. The van der Waals surface area contributed by atoms with E-state index in [9.17, 15) is 18.0 Å². The highest BCUT2D eigenvalue weighted by atomic mass is 19.4. The maximum absolute atomic E-state index is 12.0. The second-order valence-corrected chi connectivity index (χ2v) is 3.96. The summed E-state index contributed by atoms with van der Waals surface area (Å²) in [6.45, 7) is -1.06. The summed E-state index contributed by atoms with van der Waals surface area (Å²) in [7, 11) is 0. The summed E-state index contributed by atoms with van der Waals surface area (Å²) in [6, 6.07) is 6.49.